The highest BCUT2D eigenvalue weighted by Gasteiger charge is 2.09. The molecule has 0 bridgehead atoms. The van der Waals surface area contributed by atoms with Crippen molar-refractivity contribution in [2.24, 2.45) is 0 Å². The van der Waals surface area contributed by atoms with Gasteiger partial charge in [0, 0.05) is 4.90 Å². The molecule has 2 nitrogen and oxygen atoms in total. The lowest BCUT2D eigenvalue weighted by molar-refractivity contribution is 0.415. The van der Waals surface area contributed by atoms with Crippen LogP contribution in [0.15, 0.2) is 71.6 Å². The summed E-state index contributed by atoms with van der Waals surface area (Å²) < 4.78 is 10.4. The van der Waals surface area contributed by atoms with Crippen LogP contribution in [-0.2, 0) is 0 Å². The summed E-state index contributed by atoms with van der Waals surface area (Å²) in [5.41, 5.74) is 4.44. The van der Waals surface area contributed by atoms with E-state index < -0.39 is 0 Å². The molecule has 0 saturated carbocycles. The van der Waals surface area contributed by atoms with Crippen LogP contribution in [0.1, 0.15) is 0 Å². The molecule has 0 aromatic heterocycles. The van der Waals surface area contributed by atoms with E-state index in [0.29, 0.717) is 0 Å². The molecule has 3 aromatic rings. The van der Waals surface area contributed by atoms with Crippen LogP contribution >= 0.6 is 12.6 Å². The highest BCUT2D eigenvalue weighted by atomic mass is 32.1. The van der Waals surface area contributed by atoms with Gasteiger partial charge in [0.1, 0.15) is 11.5 Å². The van der Waals surface area contributed by atoms with Gasteiger partial charge in [-0.15, -0.1) is 12.6 Å². The number of hydrogen-bond donors (Lipinski definition) is 1. The van der Waals surface area contributed by atoms with Gasteiger partial charge < -0.3 is 9.47 Å². The molecule has 0 unspecified atom stereocenters. The molecule has 0 aliphatic heterocycles. The molecule has 3 aromatic carbocycles. The van der Waals surface area contributed by atoms with Crippen molar-refractivity contribution in [3.8, 4) is 33.8 Å². The fraction of sp³-hybridized carbons (Fsp3) is 0.100. The van der Waals surface area contributed by atoms with Gasteiger partial charge in [-0.1, -0.05) is 42.5 Å². The molecule has 0 heterocycles. The van der Waals surface area contributed by atoms with E-state index in [4.69, 9.17) is 22.1 Å². The number of methoxy groups -OCH3 is 2. The Morgan fingerprint density at radius 1 is 0.609 bits per heavy atom. The fourth-order valence-electron chi connectivity index (χ4n) is 2.55. The summed E-state index contributed by atoms with van der Waals surface area (Å²) in [6.07, 6.45) is 0. The van der Waals surface area contributed by atoms with Crippen molar-refractivity contribution < 1.29 is 9.47 Å². The Morgan fingerprint density at radius 3 is 1.35 bits per heavy atom. The van der Waals surface area contributed by atoms with E-state index in [2.05, 4.69) is 18.2 Å². The minimum atomic E-state index is 0.848. The topological polar surface area (TPSA) is 18.5 Å². The van der Waals surface area contributed by atoms with Crippen LogP contribution in [0.2, 0.25) is 0 Å². The van der Waals surface area contributed by atoms with Gasteiger partial charge in [0.2, 0.25) is 0 Å². The molecular weight excluding hydrogens is 304 g/mol. The SMILES string of the molecule is COc1ccc(-c2cccc(-c3ccc(OC)cc3)c2S)cc1. The molecule has 3 heteroatoms. The minimum absolute atomic E-state index is 0.848. The van der Waals surface area contributed by atoms with E-state index in [1.54, 1.807) is 14.2 Å². The Morgan fingerprint density at radius 2 is 1.00 bits per heavy atom. The molecule has 3 rings (SSSR count). The van der Waals surface area contributed by atoms with Crippen LogP contribution in [0.4, 0.5) is 0 Å². The van der Waals surface area contributed by atoms with E-state index in [-0.39, 0.29) is 0 Å². The van der Waals surface area contributed by atoms with E-state index in [1.165, 1.54) is 0 Å². The molecule has 116 valence electrons. The lowest BCUT2D eigenvalue weighted by atomic mass is 9.98. The molecule has 0 radical (unpaired) electrons. The third kappa shape index (κ3) is 3.20. The molecular formula is C20H18O2S. The average molecular weight is 322 g/mol. The zero-order valence-electron chi connectivity index (χ0n) is 13.1. The molecule has 0 spiro atoms. The van der Waals surface area contributed by atoms with Crippen LogP contribution in [0.25, 0.3) is 22.3 Å². The summed E-state index contributed by atoms with van der Waals surface area (Å²) in [6, 6.07) is 22.2. The second kappa shape index (κ2) is 6.80. The smallest absolute Gasteiger partial charge is 0.118 e. The quantitative estimate of drug-likeness (QED) is 0.655. The van der Waals surface area contributed by atoms with Gasteiger partial charge in [-0.25, -0.2) is 0 Å². The predicted molar refractivity (Wildman–Crippen MR) is 97.7 cm³/mol. The zero-order chi connectivity index (χ0) is 16.2. The van der Waals surface area contributed by atoms with E-state index in [9.17, 15) is 0 Å². The van der Waals surface area contributed by atoms with Crippen molar-refractivity contribution in [1.82, 2.24) is 0 Å². The maximum absolute atomic E-state index is 5.22. The van der Waals surface area contributed by atoms with E-state index in [0.717, 1.165) is 38.6 Å². The third-order valence-corrected chi connectivity index (χ3v) is 4.32. The summed E-state index contributed by atoms with van der Waals surface area (Å²) >= 11 is 4.77. The van der Waals surface area contributed by atoms with Gasteiger partial charge >= 0.3 is 0 Å². The lowest BCUT2D eigenvalue weighted by Gasteiger charge is -2.12. The third-order valence-electron chi connectivity index (χ3n) is 3.84. The molecule has 0 atom stereocenters. The Balaban J connectivity index is 2.02. The van der Waals surface area contributed by atoms with Gasteiger partial charge in [-0.05, 0) is 46.5 Å². The first-order valence-electron chi connectivity index (χ1n) is 7.34. The number of rotatable bonds is 4. The van der Waals surface area contributed by atoms with Gasteiger partial charge in [0.25, 0.3) is 0 Å². The highest BCUT2D eigenvalue weighted by Crippen LogP contribution is 2.36. The normalized spacial score (nSPS) is 10.4. The number of hydrogen-bond acceptors (Lipinski definition) is 3. The number of thiol groups is 1. The van der Waals surface area contributed by atoms with Crippen molar-refractivity contribution in [1.29, 1.82) is 0 Å². The van der Waals surface area contributed by atoms with E-state index >= 15 is 0 Å². The maximum atomic E-state index is 5.22. The molecule has 0 aliphatic rings. The van der Waals surface area contributed by atoms with Gasteiger partial charge in [-0.3, -0.25) is 0 Å². The van der Waals surface area contributed by atoms with Gasteiger partial charge in [-0.2, -0.15) is 0 Å². The van der Waals surface area contributed by atoms with Crippen LogP contribution in [0.3, 0.4) is 0 Å². The summed E-state index contributed by atoms with van der Waals surface area (Å²) in [5.74, 6) is 1.70. The highest BCUT2D eigenvalue weighted by molar-refractivity contribution is 7.80. The fourth-order valence-corrected chi connectivity index (χ4v) is 2.96. The second-order valence-electron chi connectivity index (χ2n) is 5.16. The first-order valence-corrected chi connectivity index (χ1v) is 7.78. The molecule has 0 fully saturated rings. The largest absolute Gasteiger partial charge is 0.497 e. The predicted octanol–water partition coefficient (Wildman–Crippen LogP) is 5.33. The lowest BCUT2D eigenvalue weighted by Crippen LogP contribution is -1.87. The zero-order valence-corrected chi connectivity index (χ0v) is 14.0. The van der Waals surface area contributed by atoms with Crippen molar-refractivity contribution in [2.75, 3.05) is 14.2 Å². The van der Waals surface area contributed by atoms with Crippen LogP contribution in [0, 0.1) is 0 Å². The number of ether oxygens (including phenoxy) is 2. The van der Waals surface area contributed by atoms with E-state index in [1.807, 2.05) is 48.5 Å². The monoisotopic (exact) mass is 322 g/mol. The van der Waals surface area contributed by atoms with Crippen LogP contribution in [-0.4, -0.2) is 14.2 Å². The molecule has 0 saturated heterocycles. The van der Waals surface area contributed by atoms with Crippen LogP contribution in [0.5, 0.6) is 11.5 Å². The van der Waals surface area contributed by atoms with Gasteiger partial charge in [0.05, 0.1) is 14.2 Å². The summed E-state index contributed by atoms with van der Waals surface area (Å²) in [7, 11) is 3.34. The average Bonchev–Trinajstić information content (AvgIpc) is 2.62. The van der Waals surface area contributed by atoms with Crippen molar-refractivity contribution in [3.63, 3.8) is 0 Å². The first kappa shape index (κ1) is 15.5. The Labute approximate surface area is 142 Å². The second-order valence-corrected chi connectivity index (χ2v) is 5.61. The van der Waals surface area contributed by atoms with Gasteiger partial charge in [0.15, 0.2) is 0 Å². The minimum Gasteiger partial charge on any atom is -0.497 e. The molecule has 0 amide bonds. The maximum Gasteiger partial charge on any atom is 0.118 e. The molecule has 0 N–H and O–H groups in total. The van der Waals surface area contributed by atoms with Crippen molar-refractivity contribution in [3.05, 3.63) is 66.7 Å². The van der Waals surface area contributed by atoms with Crippen molar-refractivity contribution >= 4 is 12.6 Å². The standard InChI is InChI=1S/C20H18O2S/c1-21-16-10-6-14(7-11-16)18-4-3-5-19(20(18)23)15-8-12-17(22-2)13-9-15/h3-13,23H,1-2H3. The Hall–Kier alpha value is -2.39. The summed E-state index contributed by atoms with van der Waals surface area (Å²) in [5, 5.41) is 0. The van der Waals surface area contributed by atoms with Crippen LogP contribution < -0.4 is 9.47 Å². The Bertz CT molecular complexity index is 727. The van der Waals surface area contributed by atoms with Crippen molar-refractivity contribution in [2.45, 2.75) is 4.90 Å². The summed E-state index contributed by atoms with van der Waals surface area (Å²) in [4.78, 5) is 0.961. The number of benzene rings is 3. The molecule has 23 heavy (non-hydrogen) atoms. The Kier molecular flexibility index (Phi) is 4.58. The first-order chi connectivity index (χ1) is 11.2. The molecule has 0 aliphatic carbocycles. The summed E-state index contributed by atoms with van der Waals surface area (Å²) in [6.45, 7) is 0.